The maximum absolute atomic E-state index is 14.2. The number of aromatic nitrogens is 1. The van der Waals surface area contributed by atoms with Crippen LogP contribution in [0.25, 0.3) is 0 Å². The van der Waals surface area contributed by atoms with Crippen molar-refractivity contribution in [1.82, 2.24) is 4.98 Å². The summed E-state index contributed by atoms with van der Waals surface area (Å²) < 4.78 is 45.5. The first kappa shape index (κ1) is 16.3. The molecule has 2 atom stereocenters. The number of pyridine rings is 1. The summed E-state index contributed by atoms with van der Waals surface area (Å²) in [5.41, 5.74) is 0.729. The highest BCUT2D eigenvalue weighted by atomic mass is 19.1. The number of hydrogen-bond acceptors (Lipinski definition) is 4. The van der Waals surface area contributed by atoms with Crippen LogP contribution in [0.5, 0.6) is 0 Å². The second-order valence-electron chi connectivity index (χ2n) is 5.67. The number of methoxy groups -OCH3 is 1. The van der Waals surface area contributed by atoms with Crippen LogP contribution >= 0.6 is 0 Å². The average Bonchev–Trinajstić information content (AvgIpc) is 2.99. The van der Waals surface area contributed by atoms with Gasteiger partial charge in [-0.05, 0) is 11.6 Å². The Morgan fingerprint density at radius 3 is 2.62 bits per heavy atom. The third kappa shape index (κ3) is 3.06. The maximum Gasteiger partial charge on any atom is 0.311 e. The highest BCUT2D eigenvalue weighted by Crippen LogP contribution is 2.37. The summed E-state index contributed by atoms with van der Waals surface area (Å²) in [6.45, 7) is 0.507. The van der Waals surface area contributed by atoms with E-state index in [1.54, 1.807) is 4.90 Å². The van der Waals surface area contributed by atoms with Crippen LogP contribution < -0.4 is 4.90 Å². The third-order valence-corrected chi connectivity index (χ3v) is 4.24. The number of hydrogen-bond donors (Lipinski definition) is 0. The molecule has 0 aliphatic carbocycles. The van der Waals surface area contributed by atoms with Gasteiger partial charge in [-0.25, -0.2) is 13.2 Å². The number of carbonyl (C=O) groups excluding carboxylic acids is 1. The number of rotatable bonds is 3. The number of halogens is 3. The summed E-state index contributed by atoms with van der Waals surface area (Å²) in [5.74, 6) is -3.56. The molecule has 7 heteroatoms. The van der Waals surface area contributed by atoms with E-state index in [1.807, 2.05) is 0 Å². The van der Waals surface area contributed by atoms with Crippen molar-refractivity contribution >= 4 is 11.7 Å². The molecule has 1 aliphatic heterocycles. The highest BCUT2D eigenvalue weighted by molar-refractivity contribution is 5.76. The molecule has 0 spiro atoms. The monoisotopic (exact) mass is 336 g/mol. The number of anilines is 1. The van der Waals surface area contributed by atoms with Gasteiger partial charge >= 0.3 is 5.97 Å². The molecule has 0 N–H and O–H groups in total. The van der Waals surface area contributed by atoms with Gasteiger partial charge in [-0.15, -0.1) is 0 Å². The fraction of sp³-hybridized carbons (Fsp3) is 0.294. The van der Waals surface area contributed by atoms with Crippen LogP contribution in [0.3, 0.4) is 0 Å². The minimum absolute atomic E-state index is 0.235. The van der Waals surface area contributed by atoms with Crippen LogP contribution in [-0.2, 0) is 9.53 Å². The Kier molecular flexibility index (Phi) is 4.42. The van der Waals surface area contributed by atoms with Gasteiger partial charge in [-0.2, -0.15) is 0 Å². The van der Waals surface area contributed by atoms with Crippen molar-refractivity contribution < 1.29 is 22.7 Å². The predicted octanol–water partition coefficient (Wildman–Crippen LogP) is 2.89. The topological polar surface area (TPSA) is 42.4 Å². The molecule has 0 saturated carbocycles. The van der Waals surface area contributed by atoms with Crippen LogP contribution in [0, 0.1) is 23.4 Å². The Morgan fingerprint density at radius 1 is 1.17 bits per heavy atom. The molecule has 0 radical (unpaired) electrons. The Balaban J connectivity index is 1.95. The zero-order valence-corrected chi connectivity index (χ0v) is 12.9. The first-order valence-electron chi connectivity index (χ1n) is 7.38. The Morgan fingerprint density at radius 2 is 1.96 bits per heavy atom. The van der Waals surface area contributed by atoms with Crippen molar-refractivity contribution in [2.75, 3.05) is 25.1 Å². The molecule has 2 aromatic rings. The predicted molar refractivity (Wildman–Crippen MR) is 81.0 cm³/mol. The normalized spacial score (nSPS) is 20.2. The number of nitrogens with zero attached hydrogens (tertiary/aromatic N) is 2. The van der Waals surface area contributed by atoms with Gasteiger partial charge in [-0.3, -0.25) is 9.78 Å². The fourth-order valence-corrected chi connectivity index (χ4v) is 3.10. The molecule has 1 fully saturated rings. The molecule has 0 amide bonds. The van der Waals surface area contributed by atoms with Gasteiger partial charge in [0.1, 0.15) is 17.5 Å². The lowest BCUT2D eigenvalue weighted by atomic mass is 9.88. The highest BCUT2D eigenvalue weighted by Gasteiger charge is 2.40. The van der Waals surface area contributed by atoms with E-state index in [2.05, 4.69) is 4.98 Å². The van der Waals surface area contributed by atoms with Crippen LogP contribution in [0.15, 0.2) is 36.7 Å². The van der Waals surface area contributed by atoms with Crippen molar-refractivity contribution in [1.29, 1.82) is 0 Å². The molecule has 3 rings (SSSR count). The fourth-order valence-electron chi connectivity index (χ4n) is 3.10. The first-order chi connectivity index (χ1) is 11.5. The molecule has 126 valence electrons. The smallest absolute Gasteiger partial charge is 0.311 e. The molecule has 4 nitrogen and oxygen atoms in total. The molecule has 2 heterocycles. The molecule has 1 aromatic heterocycles. The Bertz CT molecular complexity index is 769. The zero-order chi connectivity index (χ0) is 17.3. The number of carbonyl (C=O) groups is 1. The summed E-state index contributed by atoms with van der Waals surface area (Å²) in [6, 6.07) is 4.57. The van der Waals surface area contributed by atoms with Gasteiger partial charge in [0.15, 0.2) is 0 Å². The first-order valence-corrected chi connectivity index (χ1v) is 7.38. The van der Waals surface area contributed by atoms with Gasteiger partial charge in [0.25, 0.3) is 0 Å². The van der Waals surface area contributed by atoms with E-state index >= 15 is 0 Å². The van der Waals surface area contributed by atoms with E-state index in [0.29, 0.717) is 5.69 Å². The van der Waals surface area contributed by atoms with Crippen molar-refractivity contribution in [2.45, 2.75) is 5.92 Å². The second kappa shape index (κ2) is 6.51. The zero-order valence-electron chi connectivity index (χ0n) is 12.9. The second-order valence-corrected chi connectivity index (χ2v) is 5.67. The van der Waals surface area contributed by atoms with Crippen molar-refractivity contribution in [3.05, 3.63) is 59.7 Å². The lowest BCUT2D eigenvalue weighted by molar-refractivity contribution is -0.145. The van der Waals surface area contributed by atoms with Gasteiger partial charge in [0.05, 0.1) is 31.1 Å². The van der Waals surface area contributed by atoms with Crippen molar-refractivity contribution in [2.24, 2.45) is 5.92 Å². The summed E-state index contributed by atoms with van der Waals surface area (Å²) >= 11 is 0. The van der Waals surface area contributed by atoms with Crippen LogP contribution in [-0.4, -0.2) is 31.2 Å². The minimum Gasteiger partial charge on any atom is -0.469 e. The third-order valence-electron chi connectivity index (χ3n) is 4.24. The largest absolute Gasteiger partial charge is 0.469 e. The van der Waals surface area contributed by atoms with Crippen LogP contribution in [0.4, 0.5) is 18.9 Å². The summed E-state index contributed by atoms with van der Waals surface area (Å²) in [6.07, 6.45) is 2.55. The standard InChI is InChI=1S/C17H15F3N2O2/c1-24-17(23)15-9-22(12-4-11(19)6-21-7-12)8-14(15)13-3-2-10(18)5-16(13)20/h2-7,14-15H,8-9H2,1H3/t14-,15+/m0/s1. The molecule has 1 aliphatic rings. The van der Waals surface area contributed by atoms with Crippen LogP contribution in [0.1, 0.15) is 11.5 Å². The molecule has 0 unspecified atom stereocenters. The SMILES string of the molecule is COC(=O)[C@@H]1CN(c2cncc(F)c2)C[C@H]1c1ccc(F)cc1F. The van der Waals surface area contributed by atoms with E-state index in [0.717, 1.165) is 18.3 Å². The maximum atomic E-state index is 14.2. The Hall–Kier alpha value is -2.57. The number of esters is 1. The van der Waals surface area contributed by atoms with Crippen LogP contribution in [0.2, 0.25) is 0 Å². The number of benzene rings is 1. The number of ether oxygens (including phenoxy) is 1. The van der Waals surface area contributed by atoms with Gasteiger partial charge in [0, 0.05) is 31.1 Å². The molecule has 1 aromatic carbocycles. The van der Waals surface area contributed by atoms with Gasteiger partial charge in [-0.1, -0.05) is 6.07 Å². The minimum atomic E-state index is -0.715. The molecular weight excluding hydrogens is 321 g/mol. The summed E-state index contributed by atoms with van der Waals surface area (Å²) in [4.78, 5) is 17.6. The van der Waals surface area contributed by atoms with E-state index in [4.69, 9.17) is 4.74 Å². The lowest BCUT2D eigenvalue weighted by Crippen LogP contribution is -2.24. The van der Waals surface area contributed by atoms with E-state index in [-0.39, 0.29) is 18.7 Å². The van der Waals surface area contributed by atoms with E-state index in [9.17, 15) is 18.0 Å². The van der Waals surface area contributed by atoms with Crippen molar-refractivity contribution in [3.63, 3.8) is 0 Å². The molecular formula is C17H15F3N2O2. The molecule has 24 heavy (non-hydrogen) atoms. The Labute approximate surface area is 136 Å². The van der Waals surface area contributed by atoms with E-state index < -0.39 is 35.3 Å². The van der Waals surface area contributed by atoms with Crippen molar-refractivity contribution in [3.8, 4) is 0 Å². The lowest BCUT2D eigenvalue weighted by Gasteiger charge is -2.18. The summed E-state index contributed by atoms with van der Waals surface area (Å²) in [7, 11) is 1.26. The quantitative estimate of drug-likeness (QED) is 0.809. The average molecular weight is 336 g/mol. The van der Waals surface area contributed by atoms with E-state index in [1.165, 1.54) is 25.4 Å². The van der Waals surface area contributed by atoms with Gasteiger partial charge in [0.2, 0.25) is 0 Å². The molecule has 1 saturated heterocycles. The summed E-state index contributed by atoms with van der Waals surface area (Å²) in [5, 5.41) is 0. The van der Waals surface area contributed by atoms with Gasteiger partial charge < -0.3 is 9.64 Å². The molecule has 0 bridgehead atoms.